The van der Waals surface area contributed by atoms with Crippen LogP contribution in [0.25, 0.3) is 0 Å². The summed E-state index contributed by atoms with van der Waals surface area (Å²) in [6, 6.07) is 7.22. The Morgan fingerprint density at radius 3 is 2.71 bits per heavy atom. The zero-order chi connectivity index (χ0) is 15.6. The fourth-order valence-electron chi connectivity index (χ4n) is 2.07. The van der Waals surface area contributed by atoms with E-state index in [9.17, 15) is 8.42 Å². The number of rotatable bonds is 5. The standard InChI is InChI=1S/C14H18BrN3O2S/c1-4-18-9-14(16-11(18)3)21(19,20)17-10(2)12-6-5-7-13(15)8-12/h5-10,17H,4H2,1-3H3. The number of nitrogens with one attached hydrogen (secondary N) is 1. The van der Waals surface area contributed by atoms with Gasteiger partial charge in [0.25, 0.3) is 10.0 Å². The molecule has 0 saturated carbocycles. The van der Waals surface area contributed by atoms with Crippen molar-refractivity contribution in [3.8, 4) is 0 Å². The summed E-state index contributed by atoms with van der Waals surface area (Å²) >= 11 is 3.38. The van der Waals surface area contributed by atoms with Crippen LogP contribution in [0, 0.1) is 6.92 Å². The van der Waals surface area contributed by atoms with Gasteiger partial charge in [-0.05, 0) is 38.5 Å². The number of aromatic nitrogens is 2. The van der Waals surface area contributed by atoms with Gasteiger partial charge in [-0.2, -0.15) is 0 Å². The molecule has 1 heterocycles. The minimum absolute atomic E-state index is 0.0590. The molecule has 0 radical (unpaired) electrons. The average molecular weight is 372 g/mol. The monoisotopic (exact) mass is 371 g/mol. The van der Waals surface area contributed by atoms with E-state index in [2.05, 4.69) is 25.6 Å². The highest BCUT2D eigenvalue weighted by Gasteiger charge is 2.22. The van der Waals surface area contributed by atoms with Crippen molar-refractivity contribution in [2.75, 3.05) is 0 Å². The van der Waals surface area contributed by atoms with Gasteiger partial charge in [-0.15, -0.1) is 0 Å². The van der Waals surface area contributed by atoms with Crippen molar-refractivity contribution in [3.63, 3.8) is 0 Å². The Morgan fingerprint density at radius 2 is 2.14 bits per heavy atom. The highest BCUT2D eigenvalue weighted by atomic mass is 79.9. The maximum absolute atomic E-state index is 12.4. The predicted molar refractivity (Wildman–Crippen MR) is 85.5 cm³/mol. The smallest absolute Gasteiger partial charge is 0.260 e. The minimum Gasteiger partial charge on any atom is -0.334 e. The summed E-state index contributed by atoms with van der Waals surface area (Å²) in [6.45, 7) is 6.24. The first-order valence-electron chi connectivity index (χ1n) is 6.65. The number of imidazole rings is 1. The molecule has 0 saturated heterocycles. The summed E-state index contributed by atoms with van der Waals surface area (Å²) in [5, 5.41) is 0.0590. The fourth-order valence-corrected chi connectivity index (χ4v) is 3.72. The van der Waals surface area contributed by atoms with E-state index in [1.165, 1.54) is 0 Å². The molecule has 1 aromatic carbocycles. The summed E-state index contributed by atoms with van der Waals surface area (Å²) in [6.07, 6.45) is 1.56. The zero-order valence-electron chi connectivity index (χ0n) is 12.2. The van der Waals surface area contributed by atoms with Gasteiger partial charge in [-0.25, -0.2) is 18.1 Å². The SMILES string of the molecule is CCn1cc(S(=O)(=O)NC(C)c2cccc(Br)c2)nc1C. The normalized spacial score (nSPS) is 13.3. The molecule has 114 valence electrons. The maximum atomic E-state index is 12.4. The van der Waals surface area contributed by atoms with Crippen LogP contribution in [0.5, 0.6) is 0 Å². The van der Waals surface area contributed by atoms with Gasteiger partial charge in [-0.1, -0.05) is 28.1 Å². The lowest BCUT2D eigenvalue weighted by Crippen LogP contribution is -2.27. The third-order valence-corrected chi connectivity index (χ3v) is 5.16. The van der Waals surface area contributed by atoms with Gasteiger partial charge in [0, 0.05) is 23.3 Å². The molecule has 1 N–H and O–H groups in total. The van der Waals surface area contributed by atoms with Crippen LogP contribution in [0.1, 0.15) is 31.3 Å². The van der Waals surface area contributed by atoms with E-state index in [0.717, 1.165) is 10.0 Å². The van der Waals surface area contributed by atoms with Gasteiger partial charge in [0.1, 0.15) is 5.82 Å². The predicted octanol–water partition coefficient (Wildman–Crippen LogP) is 3.01. The molecule has 0 aliphatic rings. The van der Waals surface area contributed by atoms with Crippen LogP contribution < -0.4 is 4.72 Å². The van der Waals surface area contributed by atoms with Crippen molar-refractivity contribution in [2.45, 2.75) is 38.4 Å². The molecule has 0 bridgehead atoms. The molecule has 2 rings (SSSR count). The van der Waals surface area contributed by atoms with E-state index in [-0.39, 0.29) is 11.1 Å². The molecule has 1 aromatic heterocycles. The molecule has 0 spiro atoms. The van der Waals surface area contributed by atoms with E-state index in [1.807, 2.05) is 38.1 Å². The van der Waals surface area contributed by atoms with Crippen LogP contribution in [-0.2, 0) is 16.6 Å². The molecule has 5 nitrogen and oxygen atoms in total. The van der Waals surface area contributed by atoms with Crippen LogP contribution in [0.2, 0.25) is 0 Å². The van der Waals surface area contributed by atoms with Gasteiger partial charge in [-0.3, -0.25) is 0 Å². The molecule has 1 unspecified atom stereocenters. The lowest BCUT2D eigenvalue weighted by molar-refractivity contribution is 0.563. The molecule has 0 aliphatic carbocycles. The number of sulfonamides is 1. The van der Waals surface area contributed by atoms with Crippen molar-refractivity contribution in [2.24, 2.45) is 0 Å². The second kappa shape index (κ2) is 6.29. The molecular formula is C14H18BrN3O2S. The Labute approximate surface area is 133 Å². The summed E-state index contributed by atoms with van der Waals surface area (Å²) in [7, 11) is -3.63. The lowest BCUT2D eigenvalue weighted by Gasteiger charge is -2.13. The second-order valence-electron chi connectivity index (χ2n) is 4.81. The van der Waals surface area contributed by atoms with E-state index >= 15 is 0 Å². The topological polar surface area (TPSA) is 64.0 Å². The number of nitrogens with zero attached hydrogens (tertiary/aromatic N) is 2. The van der Waals surface area contributed by atoms with Gasteiger partial charge in [0.2, 0.25) is 0 Å². The maximum Gasteiger partial charge on any atom is 0.260 e. The Kier molecular flexibility index (Phi) is 4.85. The van der Waals surface area contributed by atoms with E-state index in [4.69, 9.17) is 0 Å². The summed E-state index contributed by atoms with van der Waals surface area (Å²) in [5.41, 5.74) is 0.889. The zero-order valence-corrected chi connectivity index (χ0v) is 14.6. The average Bonchev–Trinajstić information content (AvgIpc) is 2.80. The van der Waals surface area contributed by atoms with Gasteiger partial charge in [0.05, 0.1) is 0 Å². The van der Waals surface area contributed by atoms with Crippen molar-refractivity contribution in [3.05, 3.63) is 46.3 Å². The minimum atomic E-state index is -3.63. The highest BCUT2D eigenvalue weighted by Crippen LogP contribution is 2.20. The van der Waals surface area contributed by atoms with Crippen LogP contribution in [0.15, 0.2) is 40.0 Å². The third-order valence-electron chi connectivity index (χ3n) is 3.25. The number of halogens is 1. The summed E-state index contributed by atoms with van der Waals surface area (Å²) in [4.78, 5) is 4.12. The molecule has 1 atom stereocenters. The van der Waals surface area contributed by atoms with Gasteiger partial charge < -0.3 is 4.57 Å². The third kappa shape index (κ3) is 3.72. The largest absolute Gasteiger partial charge is 0.334 e. The fraction of sp³-hybridized carbons (Fsp3) is 0.357. The first kappa shape index (κ1) is 16.2. The van der Waals surface area contributed by atoms with Crippen molar-refractivity contribution < 1.29 is 8.42 Å². The van der Waals surface area contributed by atoms with Gasteiger partial charge >= 0.3 is 0 Å². The first-order chi connectivity index (χ1) is 9.83. The van der Waals surface area contributed by atoms with Crippen molar-refractivity contribution in [1.82, 2.24) is 14.3 Å². The summed E-state index contributed by atoms with van der Waals surface area (Å²) in [5.74, 6) is 0.688. The first-order valence-corrected chi connectivity index (χ1v) is 8.92. The van der Waals surface area contributed by atoms with E-state index in [0.29, 0.717) is 12.4 Å². The molecule has 0 aliphatic heterocycles. The molecule has 0 amide bonds. The van der Waals surface area contributed by atoms with Crippen LogP contribution in [-0.4, -0.2) is 18.0 Å². The van der Waals surface area contributed by atoms with Crippen molar-refractivity contribution >= 4 is 26.0 Å². The molecule has 0 fully saturated rings. The highest BCUT2D eigenvalue weighted by molar-refractivity contribution is 9.10. The molecular weight excluding hydrogens is 354 g/mol. The summed E-state index contributed by atoms with van der Waals surface area (Å²) < 4.78 is 30.1. The van der Waals surface area contributed by atoms with Crippen LogP contribution >= 0.6 is 15.9 Å². The quantitative estimate of drug-likeness (QED) is 0.878. The Bertz CT molecular complexity index is 740. The Balaban J connectivity index is 2.24. The number of hydrogen-bond donors (Lipinski definition) is 1. The lowest BCUT2D eigenvalue weighted by atomic mass is 10.1. The Morgan fingerprint density at radius 1 is 1.43 bits per heavy atom. The van der Waals surface area contributed by atoms with Crippen LogP contribution in [0.4, 0.5) is 0 Å². The van der Waals surface area contributed by atoms with Gasteiger partial charge in [0.15, 0.2) is 5.03 Å². The van der Waals surface area contributed by atoms with Crippen molar-refractivity contribution in [1.29, 1.82) is 0 Å². The van der Waals surface area contributed by atoms with Crippen LogP contribution in [0.3, 0.4) is 0 Å². The Hall–Kier alpha value is -1.18. The van der Waals surface area contributed by atoms with E-state index in [1.54, 1.807) is 17.7 Å². The molecule has 7 heteroatoms. The number of aryl methyl sites for hydroxylation is 2. The number of hydrogen-bond acceptors (Lipinski definition) is 3. The molecule has 2 aromatic rings. The van der Waals surface area contributed by atoms with E-state index < -0.39 is 10.0 Å². The molecule has 21 heavy (non-hydrogen) atoms. The number of benzene rings is 1. The second-order valence-corrected chi connectivity index (χ2v) is 7.39.